The van der Waals surface area contributed by atoms with E-state index in [0.717, 1.165) is 12.1 Å². The number of ether oxygens (including phenoxy) is 2. The van der Waals surface area contributed by atoms with E-state index >= 15 is 0 Å². The van der Waals surface area contributed by atoms with Gasteiger partial charge in [-0.15, -0.1) is 0 Å². The van der Waals surface area contributed by atoms with E-state index in [0.29, 0.717) is 28.3 Å². The van der Waals surface area contributed by atoms with Gasteiger partial charge in [-0.25, -0.2) is 8.78 Å². The van der Waals surface area contributed by atoms with Crippen LogP contribution in [-0.2, 0) is 20.1 Å². The number of ketones is 1. The van der Waals surface area contributed by atoms with Crippen LogP contribution in [0.3, 0.4) is 0 Å². The van der Waals surface area contributed by atoms with E-state index in [1.807, 2.05) is 0 Å². The third-order valence-electron chi connectivity index (χ3n) is 5.52. The fraction of sp³-hybridized carbons (Fsp3) is 0.167. The molecule has 1 amide bonds. The minimum absolute atomic E-state index is 0.120. The van der Waals surface area contributed by atoms with E-state index in [1.54, 1.807) is 36.4 Å². The fourth-order valence-electron chi connectivity index (χ4n) is 4.00. The number of carbonyl (C=O) groups excluding carboxylic acids is 2. The lowest BCUT2D eigenvalue weighted by atomic mass is 9.97. The molecule has 3 aromatic rings. The first-order chi connectivity index (χ1) is 15.4. The molecule has 162 valence electrons. The van der Waals surface area contributed by atoms with Gasteiger partial charge in [0, 0.05) is 22.8 Å². The van der Waals surface area contributed by atoms with Crippen LogP contribution in [0, 0.1) is 11.6 Å². The van der Waals surface area contributed by atoms with Crippen molar-refractivity contribution in [2.45, 2.75) is 12.2 Å². The van der Waals surface area contributed by atoms with Gasteiger partial charge in [0.2, 0.25) is 0 Å². The Balaban J connectivity index is 1.66. The van der Waals surface area contributed by atoms with Gasteiger partial charge in [0.25, 0.3) is 11.7 Å². The van der Waals surface area contributed by atoms with E-state index in [-0.39, 0.29) is 30.2 Å². The van der Waals surface area contributed by atoms with Gasteiger partial charge in [-0.1, -0.05) is 23.7 Å². The monoisotopic (exact) mass is 455 g/mol. The summed E-state index contributed by atoms with van der Waals surface area (Å²) in [7, 11) is 0. The molecular weight excluding hydrogens is 440 g/mol. The van der Waals surface area contributed by atoms with Gasteiger partial charge in [-0.3, -0.25) is 14.5 Å². The molecule has 3 aromatic carbocycles. The second-order valence-corrected chi connectivity index (χ2v) is 7.85. The van der Waals surface area contributed by atoms with Crippen LogP contribution in [0.1, 0.15) is 27.9 Å². The fourth-order valence-corrected chi connectivity index (χ4v) is 4.22. The van der Waals surface area contributed by atoms with Gasteiger partial charge in [-0.2, -0.15) is 0 Å². The smallest absolute Gasteiger partial charge is 0.297 e. The largest absolute Gasteiger partial charge is 0.338 e. The molecule has 0 atom stereocenters. The Morgan fingerprint density at radius 2 is 1.72 bits per heavy atom. The molecule has 2 heterocycles. The highest BCUT2D eigenvalue weighted by Crippen LogP contribution is 2.48. The second kappa shape index (κ2) is 7.78. The van der Waals surface area contributed by atoms with E-state index in [1.165, 1.54) is 17.0 Å². The first-order valence-corrected chi connectivity index (χ1v) is 10.3. The molecule has 1 spiro atoms. The highest BCUT2D eigenvalue weighted by atomic mass is 35.5. The summed E-state index contributed by atoms with van der Waals surface area (Å²) >= 11 is 6.18. The number of benzene rings is 3. The van der Waals surface area contributed by atoms with Crippen LogP contribution >= 0.6 is 11.6 Å². The molecule has 0 saturated carbocycles. The van der Waals surface area contributed by atoms with Gasteiger partial charge >= 0.3 is 0 Å². The normalized spacial score (nSPS) is 17.0. The van der Waals surface area contributed by atoms with Crippen LogP contribution in [-0.4, -0.2) is 24.9 Å². The van der Waals surface area contributed by atoms with E-state index < -0.39 is 23.3 Å². The van der Waals surface area contributed by atoms with Gasteiger partial charge < -0.3 is 9.47 Å². The number of halogens is 3. The Labute approximate surface area is 187 Å². The molecule has 2 aliphatic heterocycles. The van der Waals surface area contributed by atoms with Crippen molar-refractivity contribution in [1.82, 2.24) is 0 Å². The number of hydrogen-bond donors (Lipinski definition) is 0. The van der Waals surface area contributed by atoms with Crippen molar-refractivity contribution in [2.24, 2.45) is 0 Å². The molecule has 0 unspecified atom stereocenters. The second-order valence-electron chi connectivity index (χ2n) is 7.45. The molecule has 1 fully saturated rings. The van der Waals surface area contributed by atoms with Crippen LogP contribution < -0.4 is 4.90 Å². The lowest BCUT2D eigenvalue weighted by molar-refractivity contribution is -0.256. The summed E-state index contributed by atoms with van der Waals surface area (Å²) in [6, 6.07) is 14.5. The first-order valence-electron chi connectivity index (χ1n) is 9.94. The number of anilines is 2. The summed E-state index contributed by atoms with van der Waals surface area (Å²) in [4.78, 5) is 27.8. The van der Waals surface area contributed by atoms with Crippen LogP contribution in [0.4, 0.5) is 20.2 Å². The van der Waals surface area contributed by atoms with Crippen molar-refractivity contribution >= 4 is 34.7 Å². The third-order valence-corrected chi connectivity index (χ3v) is 5.85. The highest BCUT2D eigenvalue weighted by molar-refractivity contribution is 6.35. The van der Waals surface area contributed by atoms with E-state index in [4.69, 9.17) is 21.1 Å². The minimum Gasteiger partial charge on any atom is -0.338 e. The topological polar surface area (TPSA) is 55.8 Å². The van der Waals surface area contributed by atoms with Crippen molar-refractivity contribution in [3.63, 3.8) is 0 Å². The average Bonchev–Trinajstić information content (AvgIpc) is 3.03. The maximum atomic E-state index is 13.9. The minimum atomic E-state index is -1.77. The molecule has 8 heteroatoms. The number of hydrogen-bond acceptors (Lipinski definition) is 4. The number of fused-ring (bicyclic) bond motifs is 2. The molecule has 0 N–H and O–H groups in total. The van der Waals surface area contributed by atoms with Crippen LogP contribution in [0.25, 0.3) is 0 Å². The zero-order valence-electron chi connectivity index (χ0n) is 16.6. The average molecular weight is 456 g/mol. The standard InChI is InChI=1S/C24H16ClF2NO4/c25-18-5-2-1-4-16(18)22(29)14-6-9-21-17(12-14)24(31-10-3-11-32-24)23(30)28(21)15-7-8-19(26)20(27)13-15/h1-2,4-9,12-13H,3,10-11H2. The Morgan fingerprint density at radius 1 is 0.969 bits per heavy atom. The van der Waals surface area contributed by atoms with Crippen LogP contribution in [0.2, 0.25) is 5.02 Å². The Hall–Kier alpha value is -3.13. The van der Waals surface area contributed by atoms with Crippen molar-refractivity contribution in [3.8, 4) is 0 Å². The lowest BCUT2D eigenvalue weighted by Crippen LogP contribution is -2.46. The molecule has 2 aliphatic rings. The maximum Gasteiger partial charge on any atom is 0.297 e. The van der Waals surface area contributed by atoms with Gasteiger partial charge in [-0.05, 0) is 48.9 Å². The predicted octanol–water partition coefficient (Wildman–Crippen LogP) is 5.12. The van der Waals surface area contributed by atoms with Crippen molar-refractivity contribution in [2.75, 3.05) is 18.1 Å². The first kappa shape index (κ1) is 20.8. The summed E-state index contributed by atoms with van der Waals surface area (Å²) in [6.07, 6.45) is 0.591. The molecule has 0 bridgehead atoms. The molecule has 32 heavy (non-hydrogen) atoms. The quantitative estimate of drug-likeness (QED) is 0.514. The Kier molecular flexibility index (Phi) is 5.04. The zero-order chi connectivity index (χ0) is 22.5. The third kappa shape index (κ3) is 3.12. The predicted molar refractivity (Wildman–Crippen MR) is 113 cm³/mol. The summed E-state index contributed by atoms with van der Waals surface area (Å²) in [5, 5.41) is 0.303. The van der Waals surface area contributed by atoms with Crippen molar-refractivity contribution in [3.05, 3.63) is 94.0 Å². The molecule has 5 rings (SSSR count). The SMILES string of the molecule is O=C(c1ccc2c(c1)C1(OCCCO1)C(=O)N2c1ccc(F)c(F)c1)c1ccccc1Cl. The molecule has 5 nitrogen and oxygen atoms in total. The van der Waals surface area contributed by atoms with Gasteiger partial charge in [0.05, 0.1) is 29.6 Å². The summed E-state index contributed by atoms with van der Waals surface area (Å²) < 4.78 is 39.1. The van der Waals surface area contributed by atoms with Crippen LogP contribution in [0.15, 0.2) is 60.7 Å². The Bertz CT molecular complexity index is 1260. The molecule has 0 radical (unpaired) electrons. The molecule has 0 aromatic heterocycles. The summed E-state index contributed by atoms with van der Waals surface area (Å²) in [5.74, 6) is -4.81. The number of amides is 1. The lowest BCUT2D eigenvalue weighted by Gasteiger charge is -2.32. The summed E-state index contributed by atoms with van der Waals surface area (Å²) in [5.41, 5.74) is 1.41. The number of nitrogens with zero attached hydrogens (tertiary/aromatic N) is 1. The molecule has 0 aliphatic carbocycles. The van der Waals surface area contributed by atoms with Crippen molar-refractivity contribution < 1.29 is 27.8 Å². The molecular formula is C24H16ClF2NO4. The van der Waals surface area contributed by atoms with Gasteiger partial charge in [0.15, 0.2) is 17.4 Å². The maximum absolute atomic E-state index is 13.9. The van der Waals surface area contributed by atoms with E-state index in [9.17, 15) is 18.4 Å². The zero-order valence-corrected chi connectivity index (χ0v) is 17.4. The van der Waals surface area contributed by atoms with E-state index in [2.05, 4.69) is 0 Å². The number of carbonyl (C=O) groups is 2. The summed E-state index contributed by atoms with van der Waals surface area (Å²) in [6.45, 7) is 0.527. The Morgan fingerprint density at radius 3 is 2.44 bits per heavy atom. The van der Waals surface area contributed by atoms with Crippen LogP contribution in [0.5, 0.6) is 0 Å². The van der Waals surface area contributed by atoms with Gasteiger partial charge in [0.1, 0.15) is 0 Å². The van der Waals surface area contributed by atoms with Crippen molar-refractivity contribution in [1.29, 1.82) is 0 Å². The molecule has 1 saturated heterocycles. The highest BCUT2D eigenvalue weighted by Gasteiger charge is 2.55. The number of rotatable bonds is 3.